The summed E-state index contributed by atoms with van der Waals surface area (Å²) in [7, 11) is 0. The molecule has 0 heterocycles. The summed E-state index contributed by atoms with van der Waals surface area (Å²) < 4.78 is 0. The van der Waals surface area contributed by atoms with Gasteiger partial charge < -0.3 is 15.3 Å². The van der Waals surface area contributed by atoms with E-state index in [1.807, 2.05) is 12.1 Å². The fourth-order valence-electron chi connectivity index (χ4n) is 6.20. The molecular formula is C32H40O3. The van der Waals surface area contributed by atoms with Crippen LogP contribution in [0.1, 0.15) is 93.7 Å². The van der Waals surface area contributed by atoms with E-state index >= 15 is 0 Å². The fourth-order valence-corrected chi connectivity index (χ4v) is 6.20. The number of unbranched alkanes of at least 4 members (excludes halogenated alkanes) is 4. The van der Waals surface area contributed by atoms with Crippen LogP contribution in [0.4, 0.5) is 0 Å². The van der Waals surface area contributed by atoms with Gasteiger partial charge in [0.25, 0.3) is 0 Å². The first-order valence-electron chi connectivity index (χ1n) is 13.4. The van der Waals surface area contributed by atoms with Crippen molar-refractivity contribution in [3.05, 3.63) is 89.5 Å². The summed E-state index contributed by atoms with van der Waals surface area (Å²) in [6.45, 7) is 2.26. The Morgan fingerprint density at radius 1 is 0.657 bits per heavy atom. The molecule has 3 nitrogen and oxygen atoms in total. The molecule has 1 aliphatic carbocycles. The molecule has 1 fully saturated rings. The monoisotopic (exact) mass is 472 g/mol. The summed E-state index contributed by atoms with van der Waals surface area (Å²) in [6.07, 6.45) is 12.0. The number of hydrogen-bond donors (Lipinski definition) is 3. The third-order valence-corrected chi connectivity index (χ3v) is 8.23. The van der Waals surface area contributed by atoms with Gasteiger partial charge in [-0.2, -0.15) is 0 Å². The SMILES string of the molecule is CCCCCCCC(c1ccc(O)cc1)C1CCC(c2ccc(O)cc2)(c2ccc(O)cc2)CC1. The second-order valence-corrected chi connectivity index (χ2v) is 10.4. The van der Waals surface area contributed by atoms with Crippen LogP contribution in [0.2, 0.25) is 0 Å². The van der Waals surface area contributed by atoms with E-state index in [-0.39, 0.29) is 5.41 Å². The van der Waals surface area contributed by atoms with Crippen LogP contribution in [0.25, 0.3) is 0 Å². The molecule has 1 saturated carbocycles. The van der Waals surface area contributed by atoms with Crippen LogP contribution in [0.15, 0.2) is 72.8 Å². The van der Waals surface area contributed by atoms with Crippen LogP contribution >= 0.6 is 0 Å². The van der Waals surface area contributed by atoms with Crippen molar-refractivity contribution in [3.8, 4) is 17.2 Å². The Hall–Kier alpha value is -2.94. The first kappa shape index (κ1) is 25.2. The van der Waals surface area contributed by atoms with Crippen LogP contribution in [0.3, 0.4) is 0 Å². The molecule has 35 heavy (non-hydrogen) atoms. The van der Waals surface area contributed by atoms with Gasteiger partial charge in [-0.15, -0.1) is 0 Å². The predicted octanol–water partition coefficient (Wildman–Crippen LogP) is 8.42. The van der Waals surface area contributed by atoms with Gasteiger partial charge in [-0.05, 0) is 97.0 Å². The average Bonchev–Trinajstić information content (AvgIpc) is 2.88. The Labute approximate surface area is 210 Å². The summed E-state index contributed by atoms with van der Waals surface area (Å²) in [5, 5.41) is 29.6. The third-order valence-electron chi connectivity index (χ3n) is 8.23. The average molecular weight is 473 g/mol. The quantitative estimate of drug-likeness (QED) is 0.259. The van der Waals surface area contributed by atoms with Gasteiger partial charge in [0, 0.05) is 5.41 Å². The minimum absolute atomic E-state index is 0.113. The van der Waals surface area contributed by atoms with E-state index < -0.39 is 0 Å². The number of aromatic hydroxyl groups is 3. The van der Waals surface area contributed by atoms with Crippen molar-refractivity contribution in [2.45, 2.75) is 82.5 Å². The van der Waals surface area contributed by atoms with Gasteiger partial charge in [0.05, 0.1) is 0 Å². The van der Waals surface area contributed by atoms with Crippen LogP contribution in [0, 0.1) is 5.92 Å². The maximum absolute atomic E-state index is 9.89. The van der Waals surface area contributed by atoms with E-state index in [4.69, 9.17) is 0 Å². The van der Waals surface area contributed by atoms with Crippen molar-refractivity contribution < 1.29 is 15.3 Å². The molecule has 0 bridgehead atoms. The smallest absolute Gasteiger partial charge is 0.115 e. The number of phenolic OH excluding ortho intramolecular Hbond substituents is 3. The Morgan fingerprint density at radius 3 is 1.60 bits per heavy atom. The second-order valence-electron chi connectivity index (χ2n) is 10.4. The molecule has 0 amide bonds. The minimum Gasteiger partial charge on any atom is -0.508 e. The van der Waals surface area contributed by atoms with Gasteiger partial charge in [0.1, 0.15) is 17.2 Å². The first-order chi connectivity index (χ1) is 17.0. The Morgan fingerprint density at radius 2 is 1.11 bits per heavy atom. The zero-order chi connectivity index (χ0) is 24.7. The molecule has 0 radical (unpaired) electrons. The summed E-state index contributed by atoms with van der Waals surface area (Å²) in [5.74, 6) is 2.03. The lowest BCUT2D eigenvalue weighted by Crippen LogP contribution is -2.34. The molecule has 0 saturated heterocycles. The van der Waals surface area contributed by atoms with E-state index in [1.165, 1.54) is 55.2 Å². The fraction of sp³-hybridized carbons (Fsp3) is 0.438. The molecule has 0 aromatic heterocycles. The van der Waals surface area contributed by atoms with E-state index in [2.05, 4.69) is 43.3 Å². The number of benzene rings is 3. The summed E-state index contributed by atoms with van der Waals surface area (Å²) in [4.78, 5) is 0. The molecule has 3 aromatic rings. The maximum atomic E-state index is 9.89. The normalized spacial score (nSPS) is 16.7. The molecule has 4 rings (SSSR count). The molecular weight excluding hydrogens is 432 g/mol. The first-order valence-corrected chi connectivity index (χ1v) is 13.4. The van der Waals surface area contributed by atoms with Crippen LogP contribution in [-0.4, -0.2) is 15.3 Å². The number of phenols is 3. The van der Waals surface area contributed by atoms with Crippen molar-refractivity contribution in [1.29, 1.82) is 0 Å². The highest BCUT2D eigenvalue weighted by Crippen LogP contribution is 2.50. The van der Waals surface area contributed by atoms with E-state index in [0.29, 0.717) is 29.1 Å². The van der Waals surface area contributed by atoms with Crippen molar-refractivity contribution in [2.24, 2.45) is 5.92 Å². The molecule has 0 aliphatic heterocycles. The Kier molecular flexibility index (Phi) is 8.38. The third kappa shape index (κ3) is 6.01. The van der Waals surface area contributed by atoms with E-state index in [0.717, 1.165) is 25.7 Å². The molecule has 3 heteroatoms. The molecule has 0 spiro atoms. The van der Waals surface area contributed by atoms with Crippen LogP contribution < -0.4 is 0 Å². The van der Waals surface area contributed by atoms with Crippen molar-refractivity contribution in [2.75, 3.05) is 0 Å². The Bertz CT molecular complexity index is 982. The van der Waals surface area contributed by atoms with E-state index in [1.54, 1.807) is 24.3 Å². The van der Waals surface area contributed by atoms with Gasteiger partial charge in [-0.25, -0.2) is 0 Å². The van der Waals surface area contributed by atoms with Crippen molar-refractivity contribution >= 4 is 0 Å². The Balaban J connectivity index is 1.57. The highest BCUT2D eigenvalue weighted by Gasteiger charge is 2.40. The minimum atomic E-state index is -0.113. The van der Waals surface area contributed by atoms with Gasteiger partial charge in [-0.3, -0.25) is 0 Å². The zero-order valence-corrected chi connectivity index (χ0v) is 21.0. The van der Waals surface area contributed by atoms with Crippen LogP contribution in [-0.2, 0) is 5.41 Å². The lowest BCUT2D eigenvalue weighted by Gasteiger charge is -2.43. The molecule has 1 unspecified atom stereocenters. The number of rotatable bonds is 10. The van der Waals surface area contributed by atoms with E-state index in [9.17, 15) is 15.3 Å². The molecule has 3 aromatic carbocycles. The summed E-state index contributed by atoms with van der Waals surface area (Å²) in [5.41, 5.74) is 3.71. The summed E-state index contributed by atoms with van der Waals surface area (Å²) >= 11 is 0. The number of hydrogen-bond acceptors (Lipinski definition) is 3. The van der Waals surface area contributed by atoms with Gasteiger partial charge in [0.15, 0.2) is 0 Å². The zero-order valence-electron chi connectivity index (χ0n) is 21.0. The molecule has 3 N–H and O–H groups in total. The van der Waals surface area contributed by atoms with Gasteiger partial charge >= 0.3 is 0 Å². The molecule has 1 atom stereocenters. The molecule has 1 aliphatic rings. The lowest BCUT2D eigenvalue weighted by molar-refractivity contribution is 0.226. The molecule has 186 valence electrons. The largest absolute Gasteiger partial charge is 0.508 e. The van der Waals surface area contributed by atoms with Gasteiger partial charge in [-0.1, -0.05) is 75.4 Å². The van der Waals surface area contributed by atoms with Crippen molar-refractivity contribution in [3.63, 3.8) is 0 Å². The van der Waals surface area contributed by atoms with Crippen LogP contribution in [0.5, 0.6) is 17.2 Å². The second kappa shape index (κ2) is 11.7. The standard InChI is InChI=1S/C32H40O3/c1-2-3-4-5-6-7-31(24-8-14-28(33)15-9-24)25-20-22-32(23-21-25,26-10-16-29(34)17-11-26)27-12-18-30(35)19-13-27/h8-19,25,31,33-35H,2-7,20-23H2,1H3. The predicted molar refractivity (Wildman–Crippen MR) is 143 cm³/mol. The van der Waals surface area contributed by atoms with Gasteiger partial charge in [0.2, 0.25) is 0 Å². The maximum Gasteiger partial charge on any atom is 0.115 e. The highest BCUT2D eigenvalue weighted by molar-refractivity contribution is 5.43. The topological polar surface area (TPSA) is 60.7 Å². The van der Waals surface area contributed by atoms with Crippen molar-refractivity contribution in [1.82, 2.24) is 0 Å². The lowest BCUT2D eigenvalue weighted by atomic mass is 9.60. The summed E-state index contributed by atoms with van der Waals surface area (Å²) in [6, 6.07) is 23.3. The highest BCUT2D eigenvalue weighted by atomic mass is 16.3.